The van der Waals surface area contributed by atoms with Crippen LogP contribution in [0.2, 0.25) is 5.02 Å². The number of fused-ring (bicyclic) bond motifs is 1. The third-order valence-corrected chi connectivity index (χ3v) is 3.92. The minimum absolute atomic E-state index is 0.151. The predicted molar refractivity (Wildman–Crippen MR) is 81.9 cm³/mol. The van der Waals surface area contributed by atoms with Gasteiger partial charge < -0.3 is 14.9 Å². The normalized spacial score (nSPS) is 14.3. The maximum Gasteiger partial charge on any atom is 0.133 e. The number of para-hydroxylation sites is 2. The van der Waals surface area contributed by atoms with Crippen molar-refractivity contribution in [1.82, 2.24) is 4.98 Å². The summed E-state index contributed by atoms with van der Waals surface area (Å²) in [5.74, 6) is 0.819. The number of aliphatic hydroxyl groups is 1. The summed E-state index contributed by atoms with van der Waals surface area (Å²) in [5, 5.41) is 9.80. The Hall–Kier alpha value is -1.78. The maximum absolute atomic E-state index is 9.30. The summed E-state index contributed by atoms with van der Waals surface area (Å²) in [6.07, 6.45) is 0. The Morgan fingerprint density at radius 3 is 2.65 bits per heavy atom. The van der Waals surface area contributed by atoms with Crippen molar-refractivity contribution >= 4 is 28.8 Å². The molecule has 2 aromatic rings. The lowest BCUT2D eigenvalue weighted by molar-refractivity contribution is 0.277. The van der Waals surface area contributed by atoms with Crippen molar-refractivity contribution in [2.24, 2.45) is 0 Å². The van der Waals surface area contributed by atoms with Crippen molar-refractivity contribution in [2.75, 3.05) is 29.9 Å². The summed E-state index contributed by atoms with van der Waals surface area (Å²) < 4.78 is 0. The summed E-state index contributed by atoms with van der Waals surface area (Å²) in [6, 6.07) is 11.9. The van der Waals surface area contributed by atoms with E-state index in [1.54, 1.807) is 6.07 Å². The summed E-state index contributed by atoms with van der Waals surface area (Å²) in [6.45, 7) is 1.63. The van der Waals surface area contributed by atoms with E-state index in [1.165, 1.54) is 5.69 Å². The molecule has 0 radical (unpaired) electrons. The molecule has 0 bridgehead atoms. The van der Waals surface area contributed by atoms with Gasteiger partial charge in [0.1, 0.15) is 5.82 Å². The van der Waals surface area contributed by atoms with E-state index in [1.807, 2.05) is 18.2 Å². The van der Waals surface area contributed by atoms with Gasteiger partial charge >= 0.3 is 0 Å². The van der Waals surface area contributed by atoms with E-state index in [0.29, 0.717) is 10.7 Å². The van der Waals surface area contributed by atoms with Gasteiger partial charge in [0.25, 0.3) is 0 Å². The monoisotopic (exact) mass is 289 g/mol. The molecule has 4 nitrogen and oxygen atoms in total. The van der Waals surface area contributed by atoms with Gasteiger partial charge in [0, 0.05) is 20.1 Å². The van der Waals surface area contributed by atoms with Crippen LogP contribution in [0.5, 0.6) is 0 Å². The third kappa shape index (κ3) is 2.21. The van der Waals surface area contributed by atoms with Crippen LogP contribution in [0.3, 0.4) is 0 Å². The largest absolute Gasteiger partial charge is 0.390 e. The van der Waals surface area contributed by atoms with Crippen LogP contribution in [0.1, 0.15) is 5.69 Å². The molecule has 0 amide bonds. The van der Waals surface area contributed by atoms with Crippen LogP contribution in [-0.4, -0.2) is 30.2 Å². The van der Waals surface area contributed by atoms with Crippen molar-refractivity contribution in [3.63, 3.8) is 0 Å². The van der Waals surface area contributed by atoms with Crippen molar-refractivity contribution < 1.29 is 5.11 Å². The average molecular weight is 290 g/mol. The molecular weight excluding hydrogens is 274 g/mol. The van der Waals surface area contributed by atoms with Crippen molar-refractivity contribution in [3.05, 3.63) is 47.1 Å². The summed E-state index contributed by atoms with van der Waals surface area (Å²) >= 11 is 6.01. The second kappa shape index (κ2) is 5.31. The fourth-order valence-corrected chi connectivity index (χ4v) is 2.64. The summed E-state index contributed by atoms with van der Waals surface area (Å²) in [4.78, 5) is 8.85. The van der Waals surface area contributed by atoms with Crippen LogP contribution in [0.4, 0.5) is 17.2 Å². The van der Waals surface area contributed by atoms with Gasteiger partial charge in [0.15, 0.2) is 0 Å². The number of aromatic nitrogens is 1. The fraction of sp³-hybridized carbons (Fsp3) is 0.267. The number of nitrogens with zero attached hydrogens (tertiary/aromatic N) is 3. The van der Waals surface area contributed by atoms with Gasteiger partial charge in [-0.2, -0.15) is 0 Å². The number of rotatable bonds is 2. The highest BCUT2D eigenvalue weighted by molar-refractivity contribution is 6.31. The highest BCUT2D eigenvalue weighted by atomic mass is 35.5. The minimum atomic E-state index is -0.151. The smallest absolute Gasteiger partial charge is 0.133 e. The van der Waals surface area contributed by atoms with E-state index >= 15 is 0 Å². The molecule has 20 heavy (non-hydrogen) atoms. The predicted octanol–water partition coefficient (Wildman–Crippen LogP) is 2.82. The zero-order chi connectivity index (χ0) is 14.1. The van der Waals surface area contributed by atoms with Crippen LogP contribution in [-0.2, 0) is 6.61 Å². The number of anilines is 3. The zero-order valence-electron chi connectivity index (χ0n) is 11.3. The first-order chi connectivity index (χ1) is 9.70. The van der Waals surface area contributed by atoms with E-state index in [2.05, 4.69) is 34.0 Å². The maximum atomic E-state index is 9.30. The first-order valence-corrected chi connectivity index (χ1v) is 6.92. The quantitative estimate of drug-likeness (QED) is 0.923. The lowest BCUT2D eigenvalue weighted by atomic mass is 10.1. The number of benzene rings is 1. The highest BCUT2D eigenvalue weighted by Crippen LogP contribution is 2.36. The molecule has 1 N–H and O–H groups in total. The van der Waals surface area contributed by atoms with Gasteiger partial charge in [-0.1, -0.05) is 23.7 Å². The zero-order valence-corrected chi connectivity index (χ0v) is 12.0. The number of pyridine rings is 1. The first-order valence-electron chi connectivity index (χ1n) is 6.54. The van der Waals surface area contributed by atoms with Gasteiger partial charge in [-0.05, 0) is 24.3 Å². The van der Waals surface area contributed by atoms with Gasteiger partial charge in [-0.25, -0.2) is 4.98 Å². The van der Waals surface area contributed by atoms with Crippen LogP contribution >= 0.6 is 11.6 Å². The molecule has 0 aliphatic carbocycles. The second-order valence-electron chi connectivity index (χ2n) is 4.82. The molecule has 1 aromatic heterocycles. The molecule has 3 rings (SSSR count). The molecule has 1 aliphatic heterocycles. The lowest BCUT2D eigenvalue weighted by Gasteiger charge is -2.36. The molecule has 0 atom stereocenters. The molecule has 0 saturated carbocycles. The number of aliphatic hydroxyl groups excluding tert-OH is 1. The Morgan fingerprint density at radius 1 is 1.15 bits per heavy atom. The van der Waals surface area contributed by atoms with Crippen LogP contribution in [0.15, 0.2) is 36.4 Å². The van der Waals surface area contributed by atoms with Crippen LogP contribution in [0.25, 0.3) is 0 Å². The van der Waals surface area contributed by atoms with E-state index in [4.69, 9.17) is 11.6 Å². The Kier molecular flexibility index (Phi) is 3.51. The van der Waals surface area contributed by atoms with Gasteiger partial charge in [0.05, 0.1) is 28.7 Å². The van der Waals surface area contributed by atoms with E-state index in [9.17, 15) is 5.11 Å². The average Bonchev–Trinajstić information content (AvgIpc) is 2.49. The molecule has 0 unspecified atom stereocenters. The molecule has 1 aromatic carbocycles. The molecule has 2 heterocycles. The minimum Gasteiger partial charge on any atom is -0.390 e. The summed E-state index contributed by atoms with van der Waals surface area (Å²) in [5.41, 5.74) is 2.82. The Morgan fingerprint density at radius 2 is 1.90 bits per heavy atom. The van der Waals surface area contributed by atoms with Crippen LogP contribution in [0, 0.1) is 0 Å². The fourth-order valence-electron chi connectivity index (χ4n) is 2.48. The topological polar surface area (TPSA) is 39.6 Å². The molecule has 1 aliphatic rings. The second-order valence-corrected chi connectivity index (χ2v) is 5.23. The standard InChI is InChI=1S/C15H16ClN3O/c1-18-8-9-19(14-5-3-2-4-13(14)18)15-7-6-11(16)12(10-20)17-15/h2-7,20H,8-10H2,1H3. The summed E-state index contributed by atoms with van der Waals surface area (Å²) in [7, 11) is 2.09. The van der Waals surface area contributed by atoms with Crippen LogP contribution < -0.4 is 9.80 Å². The Balaban J connectivity index is 2.05. The number of hydrogen-bond donors (Lipinski definition) is 1. The third-order valence-electron chi connectivity index (χ3n) is 3.57. The van der Waals surface area contributed by atoms with E-state index < -0.39 is 0 Å². The van der Waals surface area contributed by atoms with E-state index in [-0.39, 0.29) is 6.61 Å². The lowest BCUT2D eigenvalue weighted by Crippen LogP contribution is -2.36. The molecule has 0 fully saturated rings. The van der Waals surface area contributed by atoms with Crippen molar-refractivity contribution in [3.8, 4) is 0 Å². The van der Waals surface area contributed by atoms with Gasteiger partial charge in [-0.3, -0.25) is 0 Å². The molecule has 0 spiro atoms. The SMILES string of the molecule is CN1CCN(c2ccc(Cl)c(CO)n2)c2ccccc21. The number of likely N-dealkylation sites (N-methyl/N-ethyl adjacent to an activating group) is 1. The van der Waals surface area contributed by atoms with Crippen molar-refractivity contribution in [2.45, 2.75) is 6.61 Å². The van der Waals surface area contributed by atoms with Gasteiger partial charge in [0.2, 0.25) is 0 Å². The molecule has 104 valence electrons. The molecule has 0 saturated heterocycles. The Labute approximate surface area is 123 Å². The molecule has 5 heteroatoms. The van der Waals surface area contributed by atoms with Gasteiger partial charge in [-0.15, -0.1) is 0 Å². The van der Waals surface area contributed by atoms with Crippen molar-refractivity contribution in [1.29, 1.82) is 0 Å². The molecular formula is C15H16ClN3O. The first kappa shape index (κ1) is 13.2. The number of halogens is 1. The highest BCUT2D eigenvalue weighted by Gasteiger charge is 2.22. The number of hydrogen-bond acceptors (Lipinski definition) is 4. The Bertz CT molecular complexity index is 632. The van der Waals surface area contributed by atoms with E-state index in [0.717, 1.165) is 24.6 Å².